The van der Waals surface area contributed by atoms with Crippen LogP contribution in [0.15, 0.2) is 52.7 Å². The van der Waals surface area contributed by atoms with Gasteiger partial charge in [-0.05, 0) is 33.3 Å². The number of carbonyl (C=O) groups excluding carboxylic acids is 1. The number of nitrogens with zero attached hydrogens (tertiary/aromatic N) is 5. The van der Waals surface area contributed by atoms with Crippen LogP contribution in [-0.2, 0) is 21.6 Å². The van der Waals surface area contributed by atoms with Crippen molar-refractivity contribution in [1.29, 1.82) is 0 Å². The molecule has 4 aromatic heterocycles. The van der Waals surface area contributed by atoms with Crippen molar-refractivity contribution in [3.05, 3.63) is 103 Å². The van der Waals surface area contributed by atoms with Crippen LogP contribution in [0, 0.1) is 25.5 Å². The molecule has 0 aliphatic carbocycles. The summed E-state index contributed by atoms with van der Waals surface area (Å²) in [6.45, 7) is 6.06. The molecule has 13 heteroatoms. The Kier molecular flexibility index (Phi) is 7.83. The minimum Gasteiger partial charge on any atom is -0.485 e. The summed E-state index contributed by atoms with van der Waals surface area (Å²) in [6, 6.07) is 3.67. The lowest BCUT2D eigenvalue weighted by molar-refractivity contribution is -0.146. The van der Waals surface area contributed by atoms with E-state index in [9.17, 15) is 23.2 Å². The number of hydrogen-bond acceptors (Lipinski definition) is 8. The predicted octanol–water partition coefficient (Wildman–Crippen LogP) is 3.75. The van der Waals surface area contributed by atoms with E-state index in [1.807, 2.05) is 0 Å². The van der Waals surface area contributed by atoms with E-state index in [2.05, 4.69) is 15.0 Å². The van der Waals surface area contributed by atoms with Crippen LogP contribution in [0.3, 0.4) is 0 Å². The summed E-state index contributed by atoms with van der Waals surface area (Å²) < 4.78 is 39.9. The summed E-state index contributed by atoms with van der Waals surface area (Å²) in [6.07, 6.45) is 4.87. The third kappa shape index (κ3) is 5.22. The second-order valence-corrected chi connectivity index (χ2v) is 9.78. The van der Waals surface area contributed by atoms with Gasteiger partial charge in [-0.2, -0.15) is 0 Å². The summed E-state index contributed by atoms with van der Waals surface area (Å²) in [5.74, 6) is -2.22. The zero-order valence-corrected chi connectivity index (χ0v) is 22.9. The molecule has 0 saturated heterocycles. The van der Waals surface area contributed by atoms with Crippen molar-refractivity contribution in [1.82, 2.24) is 24.1 Å². The Bertz CT molecular complexity index is 1750. The molecule has 0 N–H and O–H groups in total. The SMILES string of the molecule is COC(=O)C(C)(C)c1cncn(-c2cc(-n3c(C)cc(OCc4ncc(F)cc4F)c(Cl)c3=O)c(C)cn2)c1=O. The molecule has 0 aromatic carbocycles. The van der Waals surface area contributed by atoms with Crippen molar-refractivity contribution < 1.29 is 23.0 Å². The fourth-order valence-corrected chi connectivity index (χ4v) is 4.22. The molecule has 0 unspecified atom stereocenters. The van der Waals surface area contributed by atoms with Crippen LogP contribution in [0.5, 0.6) is 5.75 Å². The van der Waals surface area contributed by atoms with Gasteiger partial charge >= 0.3 is 5.97 Å². The third-order valence-electron chi connectivity index (χ3n) is 6.30. The normalized spacial score (nSPS) is 11.4. The molecule has 4 heterocycles. The van der Waals surface area contributed by atoms with Gasteiger partial charge < -0.3 is 9.47 Å². The van der Waals surface area contributed by atoms with Gasteiger partial charge in [-0.25, -0.2) is 18.7 Å². The van der Waals surface area contributed by atoms with Gasteiger partial charge in [0.1, 0.15) is 41.0 Å². The van der Waals surface area contributed by atoms with Crippen LogP contribution in [0.4, 0.5) is 8.78 Å². The molecule has 40 heavy (non-hydrogen) atoms. The number of aryl methyl sites for hydroxylation is 2. The smallest absolute Gasteiger partial charge is 0.315 e. The van der Waals surface area contributed by atoms with Crippen molar-refractivity contribution in [2.75, 3.05) is 7.11 Å². The topological polar surface area (TPSA) is 118 Å². The molecular weight excluding hydrogens is 548 g/mol. The number of ether oxygens (including phenoxy) is 2. The first-order chi connectivity index (χ1) is 18.9. The van der Waals surface area contributed by atoms with Crippen molar-refractivity contribution in [2.24, 2.45) is 0 Å². The van der Waals surface area contributed by atoms with E-state index in [1.54, 1.807) is 27.7 Å². The molecule has 0 amide bonds. The second kappa shape index (κ2) is 11.0. The van der Waals surface area contributed by atoms with E-state index >= 15 is 0 Å². The highest BCUT2D eigenvalue weighted by atomic mass is 35.5. The van der Waals surface area contributed by atoms with Crippen LogP contribution >= 0.6 is 11.6 Å². The van der Waals surface area contributed by atoms with Gasteiger partial charge in [-0.1, -0.05) is 11.6 Å². The zero-order valence-electron chi connectivity index (χ0n) is 22.2. The highest BCUT2D eigenvalue weighted by Crippen LogP contribution is 2.26. The summed E-state index contributed by atoms with van der Waals surface area (Å²) in [4.78, 5) is 51.1. The predicted molar refractivity (Wildman–Crippen MR) is 141 cm³/mol. The second-order valence-electron chi connectivity index (χ2n) is 9.40. The number of rotatable bonds is 7. The van der Waals surface area contributed by atoms with Crippen LogP contribution in [0.25, 0.3) is 11.5 Å². The van der Waals surface area contributed by atoms with Gasteiger partial charge in [-0.3, -0.25) is 28.5 Å². The fraction of sp³-hybridized carbons (Fsp3) is 0.259. The summed E-state index contributed by atoms with van der Waals surface area (Å²) in [5, 5.41) is -0.286. The molecular formula is C27H24ClF2N5O5. The lowest BCUT2D eigenvalue weighted by Gasteiger charge is -2.21. The Labute approximate surface area is 231 Å². The van der Waals surface area contributed by atoms with E-state index in [0.29, 0.717) is 23.0 Å². The molecule has 4 rings (SSSR count). The molecule has 208 valence electrons. The minimum absolute atomic E-state index is 0.0176. The first kappa shape index (κ1) is 28.6. The van der Waals surface area contributed by atoms with Gasteiger partial charge in [0.05, 0.1) is 30.0 Å². The molecule has 0 saturated carbocycles. The summed E-state index contributed by atoms with van der Waals surface area (Å²) in [7, 11) is 1.23. The largest absolute Gasteiger partial charge is 0.485 e. The number of pyridine rings is 3. The molecule has 0 spiro atoms. The summed E-state index contributed by atoms with van der Waals surface area (Å²) >= 11 is 6.34. The Hall–Kier alpha value is -4.45. The molecule has 0 aliphatic rings. The Morgan fingerprint density at radius 2 is 1.77 bits per heavy atom. The molecule has 10 nitrogen and oxygen atoms in total. The summed E-state index contributed by atoms with van der Waals surface area (Å²) in [5.41, 5.74) is -1.17. The lowest BCUT2D eigenvalue weighted by Crippen LogP contribution is -2.38. The van der Waals surface area contributed by atoms with Gasteiger partial charge in [-0.15, -0.1) is 0 Å². The van der Waals surface area contributed by atoms with Crippen molar-refractivity contribution in [2.45, 2.75) is 39.7 Å². The standard InChI is InChI=1S/C27H24ClF2N5O5/c1-14-9-33-22(34-13-31-11-17(24(34)36)27(3,4)26(38)39-5)8-20(14)35-15(2)6-21(23(28)25(35)37)40-12-19-18(30)7-16(29)10-32-19/h6-11,13H,12H2,1-5H3. The first-order valence-electron chi connectivity index (χ1n) is 11.8. The molecule has 0 bridgehead atoms. The monoisotopic (exact) mass is 571 g/mol. The maximum atomic E-state index is 14.0. The van der Waals surface area contributed by atoms with Crippen molar-refractivity contribution >= 4 is 17.6 Å². The molecule has 0 radical (unpaired) electrons. The molecule has 0 fully saturated rings. The number of halogens is 3. The molecule has 0 atom stereocenters. The quantitative estimate of drug-likeness (QED) is 0.308. The Morgan fingerprint density at radius 1 is 1.05 bits per heavy atom. The van der Waals surface area contributed by atoms with Crippen LogP contribution in [-0.4, -0.2) is 37.2 Å². The Balaban J connectivity index is 1.76. The number of carbonyl (C=O) groups is 1. The highest BCUT2D eigenvalue weighted by molar-refractivity contribution is 6.31. The third-order valence-corrected chi connectivity index (χ3v) is 6.65. The fourth-order valence-electron chi connectivity index (χ4n) is 4.03. The van der Waals surface area contributed by atoms with Crippen LogP contribution in [0.1, 0.15) is 36.4 Å². The van der Waals surface area contributed by atoms with E-state index in [1.165, 1.54) is 42.5 Å². The number of hydrogen-bond donors (Lipinski definition) is 0. The van der Waals surface area contributed by atoms with Gasteiger partial charge in [0.15, 0.2) is 5.82 Å². The molecule has 4 aromatic rings. The maximum Gasteiger partial charge on any atom is 0.315 e. The van der Waals surface area contributed by atoms with Crippen molar-refractivity contribution in [3.63, 3.8) is 0 Å². The van der Waals surface area contributed by atoms with E-state index in [4.69, 9.17) is 21.1 Å². The minimum atomic E-state index is -1.28. The maximum absolute atomic E-state index is 14.0. The van der Waals surface area contributed by atoms with Crippen molar-refractivity contribution in [3.8, 4) is 17.3 Å². The van der Waals surface area contributed by atoms with Crippen LogP contribution in [0.2, 0.25) is 5.02 Å². The van der Waals surface area contributed by atoms with Gasteiger partial charge in [0.25, 0.3) is 11.1 Å². The number of aromatic nitrogens is 5. The lowest BCUT2D eigenvalue weighted by atomic mass is 9.86. The number of esters is 1. The zero-order chi connectivity index (χ0) is 29.4. The van der Waals surface area contributed by atoms with E-state index < -0.39 is 34.1 Å². The average molecular weight is 572 g/mol. The number of methoxy groups -OCH3 is 1. The highest BCUT2D eigenvalue weighted by Gasteiger charge is 2.34. The Morgan fingerprint density at radius 3 is 2.45 bits per heavy atom. The van der Waals surface area contributed by atoms with Crippen LogP contribution < -0.4 is 15.9 Å². The van der Waals surface area contributed by atoms with Gasteiger partial charge in [0.2, 0.25) is 0 Å². The molecule has 0 aliphatic heterocycles. The van der Waals surface area contributed by atoms with E-state index in [-0.39, 0.29) is 34.5 Å². The van der Waals surface area contributed by atoms with E-state index in [0.717, 1.165) is 10.8 Å². The average Bonchev–Trinajstić information content (AvgIpc) is 2.91. The first-order valence-corrected chi connectivity index (χ1v) is 12.2. The van der Waals surface area contributed by atoms with Gasteiger partial charge in [0, 0.05) is 36.3 Å².